The van der Waals surface area contributed by atoms with Gasteiger partial charge in [0.1, 0.15) is 0 Å². The highest BCUT2D eigenvalue weighted by atomic mass is 16.5. The number of rotatable bonds is 4. The van der Waals surface area contributed by atoms with Gasteiger partial charge in [0.2, 0.25) is 0 Å². The van der Waals surface area contributed by atoms with Gasteiger partial charge in [0.25, 0.3) is 0 Å². The van der Waals surface area contributed by atoms with Crippen LogP contribution in [0.25, 0.3) is 0 Å². The van der Waals surface area contributed by atoms with Gasteiger partial charge in [-0.25, -0.2) is 0 Å². The molecule has 0 amide bonds. The SMILES string of the molecule is CNC(Cc1cccnc1)C1OCCC1C. The zero-order chi connectivity index (χ0) is 11.4. The topological polar surface area (TPSA) is 34.2 Å². The molecule has 1 aromatic rings. The quantitative estimate of drug-likeness (QED) is 0.837. The van der Waals surface area contributed by atoms with Crippen LogP contribution in [0.15, 0.2) is 24.5 Å². The first-order valence-electron chi connectivity index (χ1n) is 5.99. The number of likely N-dealkylation sites (N-methyl/N-ethyl adjacent to an activating group) is 1. The molecule has 1 aromatic heterocycles. The molecule has 1 aliphatic rings. The van der Waals surface area contributed by atoms with Crippen LogP contribution in [0.3, 0.4) is 0 Å². The van der Waals surface area contributed by atoms with Crippen LogP contribution in [0.5, 0.6) is 0 Å². The molecule has 3 unspecified atom stereocenters. The summed E-state index contributed by atoms with van der Waals surface area (Å²) in [4.78, 5) is 4.15. The summed E-state index contributed by atoms with van der Waals surface area (Å²) in [5.74, 6) is 0.647. The molecular weight excluding hydrogens is 200 g/mol. The van der Waals surface area contributed by atoms with Crippen LogP contribution in [-0.4, -0.2) is 30.8 Å². The molecule has 88 valence electrons. The molecule has 1 saturated heterocycles. The van der Waals surface area contributed by atoms with Gasteiger partial charge in [0.05, 0.1) is 6.10 Å². The highest BCUT2D eigenvalue weighted by Crippen LogP contribution is 2.24. The molecule has 1 aliphatic heterocycles. The van der Waals surface area contributed by atoms with E-state index in [1.807, 2.05) is 25.5 Å². The molecule has 2 heterocycles. The summed E-state index contributed by atoms with van der Waals surface area (Å²) in [6.45, 7) is 3.17. The van der Waals surface area contributed by atoms with Crippen LogP contribution >= 0.6 is 0 Å². The summed E-state index contributed by atoms with van der Waals surface area (Å²) in [5, 5.41) is 3.37. The van der Waals surface area contributed by atoms with Crippen molar-refractivity contribution in [1.29, 1.82) is 0 Å². The Balaban J connectivity index is 2.00. The van der Waals surface area contributed by atoms with Crippen molar-refractivity contribution < 1.29 is 4.74 Å². The first-order chi connectivity index (χ1) is 7.81. The lowest BCUT2D eigenvalue weighted by Gasteiger charge is -2.25. The molecule has 3 atom stereocenters. The zero-order valence-electron chi connectivity index (χ0n) is 10.0. The van der Waals surface area contributed by atoms with E-state index >= 15 is 0 Å². The summed E-state index contributed by atoms with van der Waals surface area (Å²) in [6, 6.07) is 4.50. The number of pyridine rings is 1. The lowest BCUT2D eigenvalue weighted by molar-refractivity contribution is 0.0634. The molecule has 0 radical (unpaired) electrons. The van der Waals surface area contributed by atoms with Crippen LogP contribution in [0.4, 0.5) is 0 Å². The van der Waals surface area contributed by atoms with Gasteiger partial charge in [-0.15, -0.1) is 0 Å². The second-order valence-corrected chi connectivity index (χ2v) is 4.56. The van der Waals surface area contributed by atoms with E-state index in [1.54, 1.807) is 0 Å². The molecule has 3 heteroatoms. The van der Waals surface area contributed by atoms with Crippen molar-refractivity contribution in [3.8, 4) is 0 Å². The van der Waals surface area contributed by atoms with Crippen molar-refractivity contribution in [3.05, 3.63) is 30.1 Å². The molecule has 1 N–H and O–H groups in total. The Bertz CT molecular complexity index is 315. The van der Waals surface area contributed by atoms with Gasteiger partial charge in [-0.05, 0) is 37.4 Å². The maximum Gasteiger partial charge on any atom is 0.0757 e. The van der Waals surface area contributed by atoms with Crippen molar-refractivity contribution in [2.45, 2.75) is 31.9 Å². The van der Waals surface area contributed by atoms with Crippen molar-refractivity contribution >= 4 is 0 Å². The van der Waals surface area contributed by atoms with Gasteiger partial charge >= 0.3 is 0 Å². The predicted molar refractivity (Wildman–Crippen MR) is 64.3 cm³/mol. The Labute approximate surface area is 97.2 Å². The fourth-order valence-electron chi connectivity index (χ4n) is 2.39. The molecule has 1 fully saturated rings. The summed E-state index contributed by atoms with van der Waals surface area (Å²) in [6.07, 6.45) is 6.25. The van der Waals surface area contributed by atoms with E-state index in [0.717, 1.165) is 13.0 Å². The Kier molecular flexibility index (Phi) is 3.91. The fraction of sp³-hybridized carbons (Fsp3) is 0.615. The summed E-state index contributed by atoms with van der Waals surface area (Å²) in [5.41, 5.74) is 1.27. The van der Waals surface area contributed by atoms with Crippen molar-refractivity contribution in [2.75, 3.05) is 13.7 Å². The van der Waals surface area contributed by atoms with Gasteiger partial charge in [-0.2, -0.15) is 0 Å². The maximum atomic E-state index is 5.81. The van der Waals surface area contributed by atoms with Crippen LogP contribution in [-0.2, 0) is 11.2 Å². The highest BCUT2D eigenvalue weighted by Gasteiger charge is 2.31. The van der Waals surface area contributed by atoms with Crippen LogP contribution in [0, 0.1) is 5.92 Å². The van der Waals surface area contributed by atoms with E-state index in [-0.39, 0.29) is 0 Å². The Hall–Kier alpha value is -0.930. The average molecular weight is 220 g/mol. The van der Waals surface area contributed by atoms with Crippen molar-refractivity contribution in [3.63, 3.8) is 0 Å². The Morgan fingerprint density at radius 3 is 3.06 bits per heavy atom. The fourth-order valence-corrected chi connectivity index (χ4v) is 2.39. The van der Waals surface area contributed by atoms with Crippen LogP contribution < -0.4 is 5.32 Å². The minimum absolute atomic E-state index is 0.338. The second-order valence-electron chi connectivity index (χ2n) is 4.56. The van der Waals surface area contributed by atoms with Gasteiger partial charge in [-0.1, -0.05) is 13.0 Å². The molecule has 3 nitrogen and oxygen atoms in total. The monoisotopic (exact) mass is 220 g/mol. The average Bonchev–Trinajstić information content (AvgIpc) is 2.74. The molecule has 0 spiro atoms. The van der Waals surface area contributed by atoms with Crippen LogP contribution in [0.2, 0.25) is 0 Å². The summed E-state index contributed by atoms with van der Waals surface area (Å²) < 4.78 is 5.81. The standard InChI is InChI=1S/C13H20N2O/c1-10-5-7-16-13(10)12(14-2)8-11-4-3-6-15-9-11/h3-4,6,9-10,12-14H,5,7-8H2,1-2H3. The lowest BCUT2D eigenvalue weighted by Crippen LogP contribution is -2.41. The number of nitrogens with zero attached hydrogens (tertiary/aromatic N) is 1. The lowest BCUT2D eigenvalue weighted by atomic mass is 9.93. The van der Waals surface area contributed by atoms with Gasteiger partial charge in [0, 0.05) is 25.0 Å². The van der Waals surface area contributed by atoms with Gasteiger partial charge < -0.3 is 10.1 Å². The van der Waals surface area contributed by atoms with E-state index in [4.69, 9.17) is 4.74 Å². The van der Waals surface area contributed by atoms with E-state index < -0.39 is 0 Å². The minimum atomic E-state index is 0.338. The smallest absolute Gasteiger partial charge is 0.0757 e. The van der Waals surface area contributed by atoms with Gasteiger partial charge in [0.15, 0.2) is 0 Å². The molecule has 0 aliphatic carbocycles. The number of hydrogen-bond acceptors (Lipinski definition) is 3. The van der Waals surface area contributed by atoms with Gasteiger partial charge in [-0.3, -0.25) is 4.98 Å². The third-order valence-corrected chi connectivity index (χ3v) is 3.39. The van der Waals surface area contributed by atoms with Crippen LogP contribution in [0.1, 0.15) is 18.9 Å². The van der Waals surface area contributed by atoms with E-state index in [2.05, 4.69) is 23.3 Å². The number of aromatic nitrogens is 1. The predicted octanol–water partition coefficient (Wildman–Crippen LogP) is 1.64. The molecule has 0 saturated carbocycles. The summed E-state index contributed by atoms with van der Waals surface area (Å²) in [7, 11) is 2.01. The number of hydrogen-bond donors (Lipinski definition) is 1. The molecular formula is C13H20N2O. The molecule has 16 heavy (non-hydrogen) atoms. The largest absolute Gasteiger partial charge is 0.376 e. The number of nitrogens with one attached hydrogen (secondary N) is 1. The molecule has 0 bridgehead atoms. The highest BCUT2D eigenvalue weighted by molar-refractivity contribution is 5.11. The maximum absolute atomic E-state index is 5.81. The zero-order valence-corrected chi connectivity index (χ0v) is 10.0. The molecule has 2 rings (SSSR count). The second kappa shape index (κ2) is 5.41. The third kappa shape index (κ3) is 2.60. The van der Waals surface area contributed by atoms with E-state index in [1.165, 1.54) is 12.0 Å². The normalized spacial score (nSPS) is 26.9. The van der Waals surface area contributed by atoms with Crippen molar-refractivity contribution in [1.82, 2.24) is 10.3 Å². The Morgan fingerprint density at radius 2 is 2.50 bits per heavy atom. The van der Waals surface area contributed by atoms with Crippen molar-refractivity contribution in [2.24, 2.45) is 5.92 Å². The Morgan fingerprint density at radius 1 is 1.62 bits per heavy atom. The van der Waals surface area contributed by atoms with E-state index in [9.17, 15) is 0 Å². The number of ether oxygens (including phenoxy) is 1. The third-order valence-electron chi connectivity index (χ3n) is 3.39. The molecule has 0 aromatic carbocycles. The minimum Gasteiger partial charge on any atom is -0.376 e. The summed E-state index contributed by atoms with van der Waals surface area (Å²) >= 11 is 0. The first-order valence-corrected chi connectivity index (χ1v) is 5.99. The van der Waals surface area contributed by atoms with E-state index in [0.29, 0.717) is 18.1 Å². The first kappa shape index (κ1) is 11.6.